The lowest BCUT2D eigenvalue weighted by atomic mass is 10.0. The Morgan fingerprint density at radius 3 is 2.58 bits per heavy atom. The Labute approximate surface area is 158 Å². The van der Waals surface area contributed by atoms with Crippen LogP contribution in [-0.4, -0.2) is 38.3 Å². The molecule has 1 aromatic heterocycles. The molecule has 1 unspecified atom stereocenters. The third kappa shape index (κ3) is 4.65. The molecule has 0 aliphatic heterocycles. The summed E-state index contributed by atoms with van der Waals surface area (Å²) in [5, 5.41) is 19.2. The van der Waals surface area contributed by atoms with Crippen LogP contribution in [0.2, 0.25) is 0 Å². The second kappa shape index (κ2) is 8.87. The highest BCUT2D eigenvalue weighted by Gasteiger charge is 2.13. The molecule has 0 amide bonds. The normalized spacial score (nSPS) is 12.3. The number of thioether (sulfide) groups is 1. The fourth-order valence-corrected chi connectivity index (χ4v) is 3.42. The van der Waals surface area contributed by atoms with Gasteiger partial charge in [0.15, 0.2) is 5.16 Å². The first kappa shape index (κ1) is 18.5. The van der Waals surface area contributed by atoms with Gasteiger partial charge in [0.1, 0.15) is 18.7 Å². The molecule has 3 rings (SSSR count). The maximum Gasteiger partial charge on any atom is 0.195 e. The second-order valence-corrected chi connectivity index (χ2v) is 7.27. The van der Waals surface area contributed by atoms with Crippen LogP contribution >= 0.6 is 11.8 Å². The van der Waals surface area contributed by atoms with E-state index in [1.807, 2.05) is 53.1 Å². The molecule has 3 aromatic rings. The van der Waals surface area contributed by atoms with Gasteiger partial charge in [0.25, 0.3) is 0 Å². The lowest BCUT2D eigenvalue weighted by Crippen LogP contribution is -2.20. The number of aliphatic hydroxyl groups is 1. The molecule has 2 aromatic carbocycles. The quantitative estimate of drug-likeness (QED) is 0.610. The maximum atomic E-state index is 10.3. The minimum Gasteiger partial charge on any atom is -0.491 e. The molecule has 0 saturated carbocycles. The molecule has 0 radical (unpaired) electrons. The van der Waals surface area contributed by atoms with Crippen LogP contribution in [-0.2, 0) is 0 Å². The summed E-state index contributed by atoms with van der Waals surface area (Å²) in [5.41, 5.74) is 2.15. The first-order valence-electron chi connectivity index (χ1n) is 8.63. The van der Waals surface area contributed by atoms with E-state index in [9.17, 15) is 5.11 Å². The van der Waals surface area contributed by atoms with Crippen LogP contribution in [0.1, 0.15) is 25.3 Å². The van der Waals surface area contributed by atoms with Crippen LogP contribution in [0.15, 0.2) is 66.1 Å². The van der Waals surface area contributed by atoms with Gasteiger partial charge in [-0.25, -0.2) is 0 Å². The Morgan fingerprint density at radius 1 is 1.08 bits per heavy atom. The molecular formula is C20H23N3O2S. The van der Waals surface area contributed by atoms with Gasteiger partial charge in [0.05, 0.1) is 6.10 Å². The van der Waals surface area contributed by atoms with Crippen molar-refractivity contribution in [3.8, 4) is 11.4 Å². The fourth-order valence-electron chi connectivity index (χ4n) is 2.58. The molecule has 0 aliphatic rings. The zero-order valence-electron chi connectivity index (χ0n) is 14.9. The van der Waals surface area contributed by atoms with Crippen LogP contribution in [0, 0.1) is 0 Å². The SMILES string of the molecule is CC(C)c1ccccc1OCC(O)CSc1nncn1-c1ccccc1. The number of hydrogen-bond acceptors (Lipinski definition) is 5. The fraction of sp³-hybridized carbons (Fsp3) is 0.300. The molecule has 26 heavy (non-hydrogen) atoms. The van der Waals surface area contributed by atoms with Crippen molar-refractivity contribution in [3.63, 3.8) is 0 Å². The second-order valence-electron chi connectivity index (χ2n) is 6.29. The zero-order chi connectivity index (χ0) is 18.4. The highest BCUT2D eigenvalue weighted by atomic mass is 32.2. The number of aliphatic hydroxyl groups excluding tert-OH is 1. The van der Waals surface area contributed by atoms with Gasteiger partial charge < -0.3 is 9.84 Å². The largest absolute Gasteiger partial charge is 0.491 e. The van der Waals surface area contributed by atoms with Gasteiger partial charge in [-0.2, -0.15) is 0 Å². The van der Waals surface area contributed by atoms with Crippen molar-refractivity contribution in [2.45, 2.75) is 31.0 Å². The molecule has 1 heterocycles. The number of hydrogen-bond donors (Lipinski definition) is 1. The Balaban J connectivity index is 1.56. The third-order valence-electron chi connectivity index (χ3n) is 3.93. The zero-order valence-corrected chi connectivity index (χ0v) is 15.8. The highest BCUT2D eigenvalue weighted by Crippen LogP contribution is 2.26. The summed E-state index contributed by atoms with van der Waals surface area (Å²) in [6.07, 6.45) is 1.08. The van der Waals surface area contributed by atoms with Crippen molar-refractivity contribution in [2.24, 2.45) is 0 Å². The van der Waals surface area contributed by atoms with Crippen molar-refractivity contribution in [1.29, 1.82) is 0 Å². The molecule has 0 bridgehead atoms. The Hall–Kier alpha value is -2.31. The molecule has 1 N–H and O–H groups in total. The summed E-state index contributed by atoms with van der Waals surface area (Å²) in [6, 6.07) is 17.9. The predicted molar refractivity (Wildman–Crippen MR) is 104 cm³/mol. The number of rotatable bonds is 8. The van der Waals surface area contributed by atoms with E-state index in [0.717, 1.165) is 22.2 Å². The smallest absolute Gasteiger partial charge is 0.195 e. The van der Waals surface area contributed by atoms with Gasteiger partial charge in [0.2, 0.25) is 0 Å². The van der Waals surface area contributed by atoms with Crippen molar-refractivity contribution >= 4 is 11.8 Å². The molecule has 0 aliphatic carbocycles. The van der Waals surface area contributed by atoms with Gasteiger partial charge in [-0.1, -0.05) is 62.0 Å². The van der Waals surface area contributed by atoms with E-state index in [1.165, 1.54) is 11.8 Å². The van der Waals surface area contributed by atoms with E-state index in [4.69, 9.17) is 4.74 Å². The van der Waals surface area contributed by atoms with E-state index in [1.54, 1.807) is 6.33 Å². The number of ether oxygens (including phenoxy) is 1. The summed E-state index contributed by atoms with van der Waals surface area (Å²) in [4.78, 5) is 0. The summed E-state index contributed by atoms with van der Waals surface area (Å²) in [7, 11) is 0. The minimum absolute atomic E-state index is 0.246. The first-order chi connectivity index (χ1) is 12.6. The van der Waals surface area contributed by atoms with Crippen LogP contribution in [0.3, 0.4) is 0 Å². The van der Waals surface area contributed by atoms with E-state index < -0.39 is 6.10 Å². The van der Waals surface area contributed by atoms with Crippen molar-refractivity contribution in [1.82, 2.24) is 14.8 Å². The number of para-hydroxylation sites is 2. The molecular weight excluding hydrogens is 346 g/mol. The first-order valence-corrected chi connectivity index (χ1v) is 9.61. The van der Waals surface area contributed by atoms with Crippen LogP contribution < -0.4 is 4.74 Å². The summed E-state index contributed by atoms with van der Waals surface area (Å²) in [5.74, 6) is 1.69. The van der Waals surface area contributed by atoms with Crippen LogP contribution in [0.5, 0.6) is 5.75 Å². The Morgan fingerprint density at radius 2 is 1.81 bits per heavy atom. The van der Waals surface area contributed by atoms with Crippen molar-refractivity contribution in [2.75, 3.05) is 12.4 Å². The van der Waals surface area contributed by atoms with Gasteiger partial charge >= 0.3 is 0 Å². The molecule has 1 atom stereocenters. The number of benzene rings is 2. The Kier molecular flexibility index (Phi) is 6.30. The lowest BCUT2D eigenvalue weighted by Gasteiger charge is -2.16. The summed E-state index contributed by atoms with van der Waals surface area (Å²) >= 11 is 1.46. The van der Waals surface area contributed by atoms with Crippen LogP contribution in [0.4, 0.5) is 0 Å². The monoisotopic (exact) mass is 369 g/mol. The standard InChI is InChI=1S/C20H23N3O2S/c1-15(2)18-10-6-7-11-19(18)25-12-17(24)13-26-20-22-21-14-23(20)16-8-4-3-5-9-16/h3-11,14-15,17,24H,12-13H2,1-2H3. The van der Waals surface area contributed by atoms with E-state index >= 15 is 0 Å². The average Bonchev–Trinajstić information content (AvgIpc) is 3.14. The molecule has 0 spiro atoms. The topological polar surface area (TPSA) is 60.2 Å². The Bertz CT molecular complexity index is 821. The molecule has 0 saturated heterocycles. The summed E-state index contributed by atoms with van der Waals surface area (Å²) < 4.78 is 7.75. The third-order valence-corrected chi connectivity index (χ3v) is 5.02. The molecule has 5 nitrogen and oxygen atoms in total. The van der Waals surface area contributed by atoms with E-state index in [0.29, 0.717) is 11.7 Å². The molecule has 136 valence electrons. The average molecular weight is 369 g/mol. The molecule has 6 heteroatoms. The minimum atomic E-state index is -0.596. The van der Waals surface area contributed by atoms with Crippen molar-refractivity contribution in [3.05, 3.63) is 66.5 Å². The number of nitrogens with zero attached hydrogens (tertiary/aromatic N) is 3. The van der Waals surface area contributed by atoms with Gasteiger partial charge in [-0.15, -0.1) is 10.2 Å². The number of aromatic nitrogens is 3. The van der Waals surface area contributed by atoms with Gasteiger partial charge in [-0.3, -0.25) is 4.57 Å². The highest BCUT2D eigenvalue weighted by molar-refractivity contribution is 7.99. The van der Waals surface area contributed by atoms with Crippen LogP contribution in [0.25, 0.3) is 5.69 Å². The van der Waals surface area contributed by atoms with Gasteiger partial charge in [-0.05, 0) is 29.7 Å². The van der Waals surface area contributed by atoms with E-state index in [-0.39, 0.29) is 6.61 Å². The predicted octanol–water partition coefficient (Wildman–Crippen LogP) is 3.92. The maximum absolute atomic E-state index is 10.3. The molecule has 0 fully saturated rings. The van der Waals surface area contributed by atoms with E-state index in [2.05, 4.69) is 30.1 Å². The van der Waals surface area contributed by atoms with Crippen molar-refractivity contribution < 1.29 is 9.84 Å². The summed E-state index contributed by atoms with van der Waals surface area (Å²) in [6.45, 7) is 4.51. The lowest BCUT2D eigenvalue weighted by molar-refractivity contribution is 0.125. The van der Waals surface area contributed by atoms with Gasteiger partial charge in [0, 0.05) is 11.4 Å².